The zero-order chi connectivity index (χ0) is 14.9. The molecule has 1 fully saturated rings. The molecular weight excluding hydrogens is 319 g/mol. The summed E-state index contributed by atoms with van der Waals surface area (Å²) in [5, 5.41) is 3.59. The molecule has 2 nitrogen and oxygen atoms in total. The first-order chi connectivity index (χ1) is 9.28. The molecule has 1 N–H and O–H groups in total. The number of hydrogen-bond donors (Lipinski definition) is 1. The van der Waals surface area contributed by atoms with E-state index in [2.05, 4.69) is 53.8 Å². The normalized spacial score (nSPS) is 23.2. The van der Waals surface area contributed by atoms with Gasteiger partial charge in [-0.15, -0.1) is 0 Å². The Morgan fingerprint density at radius 2 is 2.15 bits per heavy atom. The van der Waals surface area contributed by atoms with Gasteiger partial charge in [0.2, 0.25) is 0 Å². The second-order valence-electron chi connectivity index (χ2n) is 6.72. The Balaban J connectivity index is 2.18. The van der Waals surface area contributed by atoms with Crippen molar-refractivity contribution in [2.45, 2.75) is 45.8 Å². The lowest BCUT2D eigenvalue weighted by molar-refractivity contribution is 0.0618. The van der Waals surface area contributed by atoms with Gasteiger partial charge in [-0.1, -0.05) is 35.8 Å². The average Bonchev–Trinajstić information content (AvgIpc) is 2.31. The summed E-state index contributed by atoms with van der Waals surface area (Å²) in [6.45, 7) is 11.4. The molecule has 0 amide bonds. The molecule has 1 heterocycles. The van der Waals surface area contributed by atoms with Crippen LogP contribution < -0.4 is 5.32 Å². The van der Waals surface area contributed by atoms with Gasteiger partial charge in [-0.2, -0.15) is 0 Å². The highest BCUT2D eigenvalue weighted by Crippen LogP contribution is 2.24. The maximum Gasteiger partial charge on any atom is 0.128 e. The maximum absolute atomic E-state index is 14.1. The van der Waals surface area contributed by atoms with E-state index in [4.69, 9.17) is 0 Å². The van der Waals surface area contributed by atoms with Gasteiger partial charge >= 0.3 is 0 Å². The van der Waals surface area contributed by atoms with Crippen LogP contribution in [0.15, 0.2) is 22.7 Å². The number of rotatable bonds is 3. The average molecular weight is 343 g/mol. The molecule has 4 heteroatoms. The summed E-state index contributed by atoms with van der Waals surface area (Å²) in [6.07, 6.45) is 0. The van der Waals surface area contributed by atoms with Crippen molar-refractivity contribution >= 4 is 15.9 Å². The summed E-state index contributed by atoms with van der Waals surface area (Å²) < 4.78 is 14.8. The van der Waals surface area contributed by atoms with Crippen LogP contribution in [0.4, 0.5) is 4.39 Å². The highest BCUT2D eigenvalue weighted by Gasteiger charge is 2.34. The molecule has 1 atom stereocenters. The predicted molar refractivity (Wildman–Crippen MR) is 85.2 cm³/mol. The van der Waals surface area contributed by atoms with E-state index in [9.17, 15) is 4.39 Å². The van der Waals surface area contributed by atoms with Crippen LogP contribution in [-0.2, 0) is 6.54 Å². The van der Waals surface area contributed by atoms with Crippen molar-refractivity contribution in [3.8, 4) is 0 Å². The quantitative estimate of drug-likeness (QED) is 0.898. The molecule has 0 aromatic heterocycles. The molecule has 0 saturated carbocycles. The van der Waals surface area contributed by atoms with Crippen molar-refractivity contribution in [1.82, 2.24) is 10.2 Å². The highest BCUT2D eigenvalue weighted by atomic mass is 79.9. The molecule has 0 aliphatic carbocycles. The van der Waals surface area contributed by atoms with Crippen LogP contribution in [-0.4, -0.2) is 29.6 Å². The molecule has 0 spiro atoms. The zero-order valence-electron chi connectivity index (χ0n) is 12.7. The van der Waals surface area contributed by atoms with Crippen molar-refractivity contribution in [3.63, 3.8) is 0 Å². The second-order valence-corrected chi connectivity index (χ2v) is 7.63. The highest BCUT2D eigenvalue weighted by molar-refractivity contribution is 9.10. The summed E-state index contributed by atoms with van der Waals surface area (Å²) in [6, 6.07) is 5.79. The fraction of sp³-hybridized carbons (Fsp3) is 0.625. The van der Waals surface area contributed by atoms with E-state index in [-0.39, 0.29) is 11.4 Å². The van der Waals surface area contributed by atoms with Crippen molar-refractivity contribution < 1.29 is 4.39 Å². The van der Waals surface area contributed by atoms with Crippen LogP contribution >= 0.6 is 15.9 Å². The van der Waals surface area contributed by atoms with Gasteiger partial charge in [0.05, 0.1) is 0 Å². The number of piperazine rings is 1. The third-order valence-corrected chi connectivity index (χ3v) is 4.51. The van der Waals surface area contributed by atoms with E-state index in [0.29, 0.717) is 18.5 Å². The van der Waals surface area contributed by atoms with E-state index < -0.39 is 0 Å². The minimum absolute atomic E-state index is 0.0806. The first-order valence-corrected chi connectivity index (χ1v) is 8.01. The molecule has 1 aromatic rings. The smallest absolute Gasteiger partial charge is 0.128 e. The Morgan fingerprint density at radius 3 is 2.75 bits per heavy atom. The second kappa shape index (κ2) is 6.12. The van der Waals surface area contributed by atoms with Gasteiger partial charge in [-0.3, -0.25) is 4.90 Å². The van der Waals surface area contributed by atoms with Crippen LogP contribution in [0.5, 0.6) is 0 Å². The number of benzene rings is 1. The van der Waals surface area contributed by atoms with Gasteiger partial charge in [0.1, 0.15) is 5.82 Å². The summed E-state index contributed by atoms with van der Waals surface area (Å²) in [5.41, 5.74) is 0.855. The van der Waals surface area contributed by atoms with Gasteiger partial charge in [-0.05, 0) is 31.9 Å². The fourth-order valence-corrected chi connectivity index (χ4v) is 3.22. The molecule has 1 unspecified atom stereocenters. The summed E-state index contributed by atoms with van der Waals surface area (Å²) >= 11 is 3.31. The minimum Gasteiger partial charge on any atom is -0.309 e. The van der Waals surface area contributed by atoms with Crippen LogP contribution in [0.3, 0.4) is 0 Å². The monoisotopic (exact) mass is 342 g/mol. The van der Waals surface area contributed by atoms with Crippen LogP contribution in [0, 0.1) is 11.7 Å². The Bertz CT molecular complexity index is 474. The van der Waals surface area contributed by atoms with Crippen LogP contribution in [0.25, 0.3) is 0 Å². The van der Waals surface area contributed by atoms with E-state index in [1.54, 1.807) is 6.07 Å². The van der Waals surface area contributed by atoms with Crippen molar-refractivity contribution in [1.29, 1.82) is 0 Å². The molecule has 20 heavy (non-hydrogen) atoms. The Morgan fingerprint density at radius 1 is 1.45 bits per heavy atom. The van der Waals surface area contributed by atoms with Gasteiger partial charge in [-0.25, -0.2) is 4.39 Å². The summed E-state index contributed by atoms with van der Waals surface area (Å²) in [5.74, 6) is 0.426. The van der Waals surface area contributed by atoms with Crippen LogP contribution in [0.1, 0.15) is 33.3 Å². The van der Waals surface area contributed by atoms with E-state index in [0.717, 1.165) is 23.1 Å². The summed E-state index contributed by atoms with van der Waals surface area (Å²) in [7, 11) is 0. The lowest BCUT2D eigenvalue weighted by atomic mass is 9.92. The molecule has 1 aromatic carbocycles. The molecule has 0 radical (unpaired) electrons. The van der Waals surface area contributed by atoms with Gasteiger partial charge < -0.3 is 5.32 Å². The van der Waals surface area contributed by atoms with E-state index >= 15 is 0 Å². The first-order valence-electron chi connectivity index (χ1n) is 7.21. The predicted octanol–water partition coefficient (Wildman–Crippen LogP) is 3.80. The lowest BCUT2D eigenvalue weighted by Gasteiger charge is -2.46. The fourth-order valence-electron chi connectivity index (χ4n) is 2.89. The van der Waals surface area contributed by atoms with Gasteiger partial charge in [0, 0.05) is 41.3 Å². The third-order valence-electron chi connectivity index (χ3n) is 4.02. The Labute approximate surface area is 129 Å². The summed E-state index contributed by atoms with van der Waals surface area (Å²) in [4.78, 5) is 2.41. The van der Waals surface area contributed by atoms with Crippen molar-refractivity contribution in [2.75, 3.05) is 13.1 Å². The third kappa shape index (κ3) is 3.80. The minimum atomic E-state index is -0.127. The number of hydrogen-bond acceptors (Lipinski definition) is 2. The lowest BCUT2D eigenvalue weighted by Crippen LogP contribution is -2.62. The van der Waals surface area contributed by atoms with Crippen molar-refractivity contribution in [3.05, 3.63) is 34.1 Å². The SMILES string of the molecule is CC(C)C1CNC(C)(C)CN1Cc1ccc(Br)cc1F. The Hall–Kier alpha value is -0.450. The number of nitrogens with one attached hydrogen (secondary N) is 1. The molecule has 1 aliphatic rings. The zero-order valence-corrected chi connectivity index (χ0v) is 14.3. The van der Waals surface area contributed by atoms with Gasteiger partial charge in [0.25, 0.3) is 0 Å². The topological polar surface area (TPSA) is 15.3 Å². The molecule has 2 rings (SSSR count). The molecule has 0 bridgehead atoms. The first kappa shape index (κ1) is 15.9. The molecule has 112 valence electrons. The number of nitrogens with zero attached hydrogens (tertiary/aromatic N) is 1. The van der Waals surface area contributed by atoms with E-state index in [1.807, 2.05) is 12.1 Å². The van der Waals surface area contributed by atoms with Crippen molar-refractivity contribution in [2.24, 2.45) is 5.92 Å². The maximum atomic E-state index is 14.1. The molecule has 1 aliphatic heterocycles. The van der Waals surface area contributed by atoms with E-state index in [1.165, 1.54) is 0 Å². The molecular formula is C16H24BrFN2. The van der Waals surface area contributed by atoms with Crippen LogP contribution in [0.2, 0.25) is 0 Å². The molecule has 1 saturated heterocycles. The Kier molecular flexibility index (Phi) is 4.88. The standard InChI is InChI=1S/C16H24BrFN2/c1-11(2)15-8-19-16(3,4)10-20(15)9-12-5-6-13(17)7-14(12)18/h5-7,11,15,19H,8-10H2,1-4H3. The number of halogens is 2. The van der Waals surface area contributed by atoms with Gasteiger partial charge in [0.15, 0.2) is 0 Å². The largest absolute Gasteiger partial charge is 0.309 e.